The topological polar surface area (TPSA) is 141 Å². The van der Waals surface area contributed by atoms with Crippen LogP contribution < -0.4 is 5.32 Å². The van der Waals surface area contributed by atoms with E-state index < -0.39 is 17.4 Å². The lowest BCUT2D eigenvalue weighted by atomic mass is 9.91. The lowest BCUT2D eigenvalue weighted by molar-refractivity contribution is -0.138. The molecule has 0 aliphatic rings. The Kier molecular flexibility index (Phi) is 14.2. The number of benzene rings is 2. The largest absolute Gasteiger partial charge is 0.507 e. The first-order chi connectivity index (χ1) is 21.1. The van der Waals surface area contributed by atoms with Crippen LogP contribution in [0.25, 0.3) is 0 Å². The molecule has 0 aliphatic heterocycles. The van der Waals surface area contributed by atoms with Crippen LogP contribution in [0.2, 0.25) is 0 Å². The fraction of sp³-hybridized carbons (Fsp3) is 0.529. The summed E-state index contributed by atoms with van der Waals surface area (Å²) in [5.74, 6) is -0.0180. The summed E-state index contributed by atoms with van der Waals surface area (Å²) in [5.41, 5.74) is 1.30. The molecule has 0 heterocycles. The van der Waals surface area contributed by atoms with Crippen LogP contribution in [0.5, 0.6) is 5.75 Å². The fourth-order valence-electron chi connectivity index (χ4n) is 4.18. The van der Waals surface area contributed by atoms with E-state index in [1.54, 1.807) is 49.3 Å². The van der Waals surface area contributed by atoms with Crippen molar-refractivity contribution >= 4 is 35.1 Å². The second-order valence-electron chi connectivity index (χ2n) is 12.7. The van der Waals surface area contributed by atoms with Crippen molar-refractivity contribution in [3.63, 3.8) is 0 Å². The van der Waals surface area contributed by atoms with Crippen molar-refractivity contribution in [1.29, 1.82) is 0 Å². The Balaban J connectivity index is 1.83. The van der Waals surface area contributed by atoms with Crippen molar-refractivity contribution in [2.45, 2.75) is 67.4 Å². The van der Waals surface area contributed by atoms with Gasteiger partial charge in [-0.25, -0.2) is 4.79 Å². The molecule has 2 rings (SSSR count). The molecule has 0 bridgehead atoms. The first-order valence-electron chi connectivity index (χ1n) is 15.4. The quantitative estimate of drug-likeness (QED) is 0.168. The Morgan fingerprint density at radius 3 is 2.11 bits per heavy atom. The highest BCUT2D eigenvalue weighted by molar-refractivity contribution is 5.97. The predicted octanol–water partition coefficient (Wildman–Crippen LogP) is 6.64. The maximum Gasteiger partial charge on any atom is 0.409 e. The molecule has 2 aromatic rings. The Morgan fingerprint density at radius 2 is 1.49 bits per heavy atom. The molecule has 1 unspecified atom stereocenters. The number of Topliss-reactive ketones (excluding diaryl/α,β-unsaturated/α-hetero) is 1. The lowest BCUT2D eigenvalue weighted by Gasteiger charge is -2.27. The van der Waals surface area contributed by atoms with Crippen LogP contribution in [0.4, 0.5) is 16.2 Å². The van der Waals surface area contributed by atoms with E-state index in [-0.39, 0.29) is 35.5 Å². The highest BCUT2D eigenvalue weighted by Crippen LogP contribution is 2.25. The van der Waals surface area contributed by atoms with E-state index >= 15 is 0 Å². The van der Waals surface area contributed by atoms with Crippen molar-refractivity contribution in [2.75, 3.05) is 33.7 Å². The standard InChI is InChI=1S/C34H49N5O6/c1-23(2)24(3)29(40)11-9-10-18-35-31(42)28-21-27(16-17-30(28)41)37-36-26-14-12-25(13-15-26)22-45-33(44)39(8)20-19-38(7)32(43)34(4,5)6/h12-17,21,23-24,41H,9-11,18-20,22H2,1-8H3,(H,35,42)/b37-36+. The van der Waals surface area contributed by atoms with Gasteiger partial charge in [0, 0.05) is 51.5 Å². The number of nitrogens with zero attached hydrogens (tertiary/aromatic N) is 4. The number of amides is 3. The number of carbonyl (C=O) groups excluding carboxylic acids is 4. The highest BCUT2D eigenvalue weighted by atomic mass is 16.6. The van der Waals surface area contributed by atoms with E-state index in [2.05, 4.69) is 15.5 Å². The van der Waals surface area contributed by atoms with Gasteiger partial charge >= 0.3 is 6.09 Å². The number of nitrogens with one attached hydrogen (secondary N) is 1. The van der Waals surface area contributed by atoms with Gasteiger partial charge in [-0.1, -0.05) is 53.7 Å². The van der Waals surface area contributed by atoms with E-state index in [0.29, 0.717) is 56.2 Å². The summed E-state index contributed by atoms with van der Waals surface area (Å²) in [6.07, 6.45) is 1.34. The summed E-state index contributed by atoms with van der Waals surface area (Å²) in [7, 11) is 3.34. The third-order valence-electron chi connectivity index (χ3n) is 7.52. The number of carbonyl (C=O) groups is 4. The fourth-order valence-corrected chi connectivity index (χ4v) is 4.18. The minimum absolute atomic E-state index is 0.00153. The lowest BCUT2D eigenvalue weighted by Crippen LogP contribution is -2.41. The van der Waals surface area contributed by atoms with E-state index in [1.165, 1.54) is 17.0 Å². The van der Waals surface area contributed by atoms with E-state index in [4.69, 9.17) is 4.74 Å². The van der Waals surface area contributed by atoms with Crippen molar-refractivity contribution in [2.24, 2.45) is 27.5 Å². The minimum Gasteiger partial charge on any atom is -0.507 e. The molecule has 2 aromatic carbocycles. The molecular weight excluding hydrogens is 574 g/mol. The Morgan fingerprint density at radius 1 is 0.889 bits per heavy atom. The smallest absolute Gasteiger partial charge is 0.409 e. The predicted molar refractivity (Wildman–Crippen MR) is 174 cm³/mol. The minimum atomic E-state index is -0.492. The molecular formula is C34H49N5O6. The molecule has 0 saturated heterocycles. The molecule has 11 heteroatoms. The van der Waals surface area contributed by atoms with Crippen molar-refractivity contribution in [3.05, 3.63) is 53.6 Å². The van der Waals surface area contributed by atoms with Crippen molar-refractivity contribution < 1.29 is 29.0 Å². The molecule has 11 nitrogen and oxygen atoms in total. The average molecular weight is 624 g/mol. The van der Waals surface area contributed by atoms with Gasteiger partial charge in [0.15, 0.2) is 0 Å². The van der Waals surface area contributed by atoms with Gasteiger partial charge in [0.05, 0.1) is 16.9 Å². The van der Waals surface area contributed by atoms with Gasteiger partial charge in [-0.15, -0.1) is 0 Å². The molecule has 0 aromatic heterocycles. The number of phenols is 1. The van der Waals surface area contributed by atoms with Crippen LogP contribution in [0, 0.1) is 17.3 Å². The van der Waals surface area contributed by atoms with Gasteiger partial charge in [-0.2, -0.15) is 10.2 Å². The number of aromatic hydroxyl groups is 1. The van der Waals surface area contributed by atoms with Gasteiger partial charge in [-0.3, -0.25) is 14.4 Å². The third-order valence-corrected chi connectivity index (χ3v) is 7.52. The second-order valence-corrected chi connectivity index (χ2v) is 12.7. The summed E-state index contributed by atoms with van der Waals surface area (Å²) < 4.78 is 5.39. The number of ketones is 1. The van der Waals surface area contributed by atoms with Gasteiger partial charge in [0.1, 0.15) is 18.1 Å². The zero-order chi connectivity index (χ0) is 33.7. The molecule has 0 radical (unpaired) electrons. The zero-order valence-corrected chi connectivity index (χ0v) is 27.9. The molecule has 0 aliphatic carbocycles. The summed E-state index contributed by atoms with van der Waals surface area (Å²) in [6.45, 7) is 12.8. The molecule has 0 saturated carbocycles. The van der Waals surface area contributed by atoms with Gasteiger partial charge < -0.3 is 25.0 Å². The number of phenolic OH excluding ortho intramolecular Hbond substituents is 1. The molecule has 0 fully saturated rings. The first kappa shape index (κ1) is 36.9. The van der Waals surface area contributed by atoms with Crippen molar-refractivity contribution in [1.82, 2.24) is 15.1 Å². The average Bonchev–Trinajstić information content (AvgIpc) is 3.00. The second kappa shape index (κ2) is 17.3. The van der Waals surface area contributed by atoms with Gasteiger partial charge in [0.2, 0.25) is 5.91 Å². The number of hydrogen-bond donors (Lipinski definition) is 2. The monoisotopic (exact) mass is 623 g/mol. The van der Waals surface area contributed by atoms with Crippen LogP contribution in [0.15, 0.2) is 52.7 Å². The number of unbranched alkanes of at least 4 members (excludes halogenated alkanes) is 1. The zero-order valence-electron chi connectivity index (χ0n) is 27.9. The number of azo groups is 1. The number of likely N-dealkylation sites (N-methyl/N-ethyl adjacent to an activating group) is 2. The molecule has 3 amide bonds. The molecule has 0 spiro atoms. The normalized spacial score (nSPS) is 12.2. The summed E-state index contributed by atoms with van der Waals surface area (Å²) in [4.78, 5) is 52.5. The summed E-state index contributed by atoms with van der Waals surface area (Å²) >= 11 is 0. The molecule has 1 atom stereocenters. The van der Waals surface area contributed by atoms with Crippen LogP contribution in [-0.2, 0) is 20.9 Å². The van der Waals surface area contributed by atoms with Crippen LogP contribution in [0.3, 0.4) is 0 Å². The van der Waals surface area contributed by atoms with Crippen molar-refractivity contribution in [3.8, 4) is 5.75 Å². The van der Waals surface area contributed by atoms with E-state index in [1.807, 2.05) is 41.5 Å². The SMILES string of the molecule is CC(C)C(C)C(=O)CCCCNC(=O)c1cc(/N=N/c2ccc(COC(=O)N(C)CCN(C)C(=O)C(C)(C)C)cc2)ccc1O. The maximum absolute atomic E-state index is 12.6. The Labute approximate surface area is 267 Å². The first-order valence-corrected chi connectivity index (χ1v) is 15.4. The van der Waals surface area contributed by atoms with Crippen LogP contribution >= 0.6 is 0 Å². The van der Waals surface area contributed by atoms with Gasteiger partial charge in [0.25, 0.3) is 5.91 Å². The number of rotatable bonds is 15. The van der Waals surface area contributed by atoms with Crippen LogP contribution in [-0.4, -0.2) is 72.3 Å². The summed E-state index contributed by atoms with van der Waals surface area (Å²) in [6, 6.07) is 11.4. The maximum atomic E-state index is 12.6. The third kappa shape index (κ3) is 12.3. The molecule has 2 N–H and O–H groups in total. The molecule has 246 valence electrons. The number of ether oxygens (including phenoxy) is 1. The van der Waals surface area contributed by atoms with Gasteiger partial charge in [-0.05, 0) is 54.7 Å². The van der Waals surface area contributed by atoms with E-state index in [9.17, 15) is 24.3 Å². The number of hydrogen-bond acceptors (Lipinski definition) is 8. The Bertz CT molecular complexity index is 1330. The molecule has 45 heavy (non-hydrogen) atoms. The van der Waals surface area contributed by atoms with E-state index in [0.717, 1.165) is 5.56 Å². The summed E-state index contributed by atoms with van der Waals surface area (Å²) in [5, 5.41) is 21.4. The Hall–Kier alpha value is -4.28. The van der Waals surface area contributed by atoms with Crippen LogP contribution in [0.1, 0.15) is 76.7 Å². The highest BCUT2D eigenvalue weighted by Gasteiger charge is 2.25.